The van der Waals surface area contributed by atoms with Gasteiger partial charge in [-0.15, -0.1) is 5.10 Å². The zero-order valence-electron chi connectivity index (χ0n) is 15.7. The highest BCUT2D eigenvalue weighted by Crippen LogP contribution is 2.54. The predicted molar refractivity (Wildman–Crippen MR) is 103 cm³/mol. The minimum absolute atomic E-state index is 0.179. The first-order valence-corrected chi connectivity index (χ1v) is 9.66. The summed E-state index contributed by atoms with van der Waals surface area (Å²) in [6.45, 7) is 5.78. The Morgan fingerprint density at radius 3 is 2.63 bits per heavy atom. The maximum atomic E-state index is 13.3. The summed E-state index contributed by atoms with van der Waals surface area (Å²) in [5, 5.41) is 8.39. The van der Waals surface area contributed by atoms with Crippen molar-refractivity contribution in [3.8, 4) is 5.75 Å². The summed E-state index contributed by atoms with van der Waals surface area (Å²) in [5.41, 5.74) is 1.31. The molecule has 1 unspecified atom stereocenters. The van der Waals surface area contributed by atoms with Crippen LogP contribution in [0.3, 0.4) is 0 Å². The first kappa shape index (κ1) is 19.2. The van der Waals surface area contributed by atoms with Crippen LogP contribution in [0.5, 0.6) is 5.75 Å². The highest BCUT2D eigenvalue weighted by molar-refractivity contribution is 8.15. The van der Waals surface area contributed by atoms with Crippen molar-refractivity contribution in [3.63, 3.8) is 0 Å². The number of hydrazone groups is 1. The van der Waals surface area contributed by atoms with Crippen LogP contribution in [-0.4, -0.2) is 41.6 Å². The van der Waals surface area contributed by atoms with E-state index in [9.17, 15) is 14.4 Å². The lowest BCUT2D eigenvalue weighted by molar-refractivity contribution is -0.140. The van der Waals surface area contributed by atoms with E-state index in [2.05, 4.69) is 10.4 Å². The summed E-state index contributed by atoms with van der Waals surface area (Å²) in [6, 6.07) is 5.35. The van der Waals surface area contributed by atoms with Crippen LogP contribution in [0, 0.1) is 0 Å². The molecule has 2 aliphatic rings. The Morgan fingerprint density at radius 1 is 1.26 bits per heavy atom. The molecule has 2 aliphatic heterocycles. The monoisotopic (exact) mass is 390 g/mol. The van der Waals surface area contributed by atoms with E-state index in [1.165, 1.54) is 9.91 Å². The van der Waals surface area contributed by atoms with Gasteiger partial charge in [-0.2, -0.15) is 5.01 Å². The van der Waals surface area contributed by atoms with Crippen LogP contribution in [0.2, 0.25) is 0 Å². The smallest absolute Gasteiger partial charge is 0.270 e. The number of likely N-dealkylation sites (N-methyl/N-ethyl adjacent to an activating group) is 1. The Kier molecular flexibility index (Phi) is 5.14. The second-order valence-electron chi connectivity index (χ2n) is 6.09. The number of amides is 3. The summed E-state index contributed by atoms with van der Waals surface area (Å²) < 4.78 is 5.59. The van der Waals surface area contributed by atoms with Crippen LogP contribution in [0.1, 0.15) is 39.2 Å². The number of carbonyl (C=O) groups excluding carboxylic acids is 3. The van der Waals surface area contributed by atoms with E-state index in [1.54, 1.807) is 39.1 Å². The minimum Gasteiger partial charge on any atom is -0.494 e. The molecule has 3 rings (SSSR count). The lowest BCUT2D eigenvalue weighted by atomic mass is 10.1. The molecule has 1 aromatic rings. The van der Waals surface area contributed by atoms with E-state index in [-0.39, 0.29) is 35.7 Å². The second-order valence-corrected chi connectivity index (χ2v) is 7.27. The number of thioether (sulfide) groups is 1. The topological polar surface area (TPSA) is 91.3 Å². The molecule has 0 saturated carbocycles. The van der Waals surface area contributed by atoms with E-state index in [1.807, 2.05) is 6.92 Å². The number of nitrogens with zero attached hydrogens (tertiary/aromatic N) is 3. The zero-order chi connectivity index (χ0) is 19.8. The maximum absolute atomic E-state index is 13.3. The van der Waals surface area contributed by atoms with Crippen molar-refractivity contribution >= 4 is 40.3 Å². The third-order valence-corrected chi connectivity index (χ3v) is 5.68. The fraction of sp³-hybridized carbons (Fsp3) is 0.444. The van der Waals surface area contributed by atoms with E-state index in [4.69, 9.17) is 4.74 Å². The van der Waals surface area contributed by atoms with Gasteiger partial charge in [0.1, 0.15) is 5.75 Å². The zero-order valence-corrected chi connectivity index (χ0v) is 16.6. The summed E-state index contributed by atoms with van der Waals surface area (Å²) in [5.74, 6) is -0.222. The van der Waals surface area contributed by atoms with Gasteiger partial charge in [0, 0.05) is 25.5 Å². The van der Waals surface area contributed by atoms with E-state index >= 15 is 0 Å². The number of hydrogen-bond donors (Lipinski definition) is 1. The first-order valence-electron chi connectivity index (χ1n) is 8.85. The number of benzene rings is 1. The van der Waals surface area contributed by atoms with Gasteiger partial charge in [0.25, 0.3) is 5.91 Å². The maximum Gasteiger partial charge on any atom is 0.270 e. The Balaban J connectivity index is 2.12. The SMILES string of the molecule is CCOc1ccc2c(c1)C1(SC(NC(=O)CC)=NN1C(=O)CC)C(=O)N2C. The van der Waals surface area contributed by atoms with Gasteiger partial charge in [-0.05, 0) is 36.9 Å². The normalized spacial score (nSPS) is 20.7. The van der Waals surface area contributed by atoms with Crippen LogP contribution in [0.4, 0.5) is 5.69 Å². The first-order chi connectivity index (χ1) is 12.9. The number of hydrogen-bond acceptors (Lipinski definition) is 6. The fourth-order valence-electron chi connectivity index (χ4n) is 3.09. The minimum atomic E-state index is -1.37. The van der Waals surface area contributed by atoms with Crippen LogP contribution < -0.4 is 15.0 Å². The molecule has 1 aromatic carbocycles. The van der Waals surface area contributed by atoms with E-state index in [0.29, 0.717) is 23.6 Å². The average Bonchev–Trinajstić information content (AvgIpc) is 3.14. The van der Waals surface area contributed by atoms with Crippen molar-refractivity contribution in [1.82, 2.24) is 10.3 Å². The summed E-state index contributed by atoms with van der Waals surface area (Å²) in [4.78, 5) is 37.9. The molecule has 0 fully saturated rings. The van der Waals surface area contributed by atoms with Gasteiger partial charge in [0.05, 0.1) is 12.3 Å². The molecule has 8 nitrogen and oxygen atoms in total. The lowest BCUT2D eigenvalue weighted by Gasteiger charge is -2.29. The molecule has 1 atom stereocenters. The third-order valence-electron chi connectivity index (χ3n) is 4.44. The Labute approximate surface area is 161 Å². The van der Waals surface area contributed by atoms with Gasteiger partial charge in [-0.25, -0.2) is 0 Å². The van der Waals surface area contributed by atoms with Crippen molar-refractivity contribution < 1.29 is 19.1 Å². The molecule has 2 heterocycles. The molecule has 1 N–H and O–H groups in total. The van der Waals surface area contributed by atoms with Gasteiger partial charge >= 0.3 is 0 Å². The van der Waals surface area contributed by atoms with Crippen LogP contribution >= 0.6 is 11.8 Å². The molecule has 0 radical (unpaired) electrons. The lowest BCUT2D eigenvalue weighted by Crippen LogP contribution is -2.48. The molecule has 0 bridgehead atoms. The molecule has 0 aromatic heterocycles. The number of fused-ring (bicyclic) bond motifs is 2. The Bertz CT molecular complexity index is 841. The number of ether oxygens (including phenoxy) is 1. The Morgan fingerprint density at radius 2 is 2.00 bits per heavy atom. The number of carbonyl (C=O) groups is 3. The van der Waals surface area contributed by atoms with Crippen molar-refractivity contribution in [3.05, 3.63) is 23.8 Å². The molecule has 0 aliphatic carbocycles. The van der Waals surface area contributed by atoms with Gasteiger partial charge in [-0.3, -0.25) is 14.4 Å². The van der Waals surface area contributed by atoms with Gasteiger partial charge < -0.3 is 15.0 Å². The van der Waals surface area contributed by atoms with Crippen LogP contribution in [0.15, 0.2) is 23.3 Å². The number of anilines is 1. The highest BCUT2D eigenvalue weighted by atomic mass is 32.2. The molecular weight excluding hydrogens is 368 g/mol. The fourth-order valence-corrected chi connectivity index (χ4v) is 4.39. The van der Waals surface area contributed by atoms with Crippen LogP contribution in [-0.2, 0) is 19.3 Å². The summed E-state index contributed by atoms with van der Waals surface area (Å²) >= 11 is 1.07. The van der Waals surface area contributed by atoms with Crippen LogP contribution in [0.25, 0.3) is 0 Å². The van der Waals surface area contributed by atoms with Crippen molar-refractivity contribution in [1.29, 1.82) is 0 Å². The Hall–Kier alpha value is -2.55. The average molecular weight is 390 g/mol. The molecule has 144 valence electrons. The van der Waals surface area contributed by atoms with E-state index < -0.39 is 4.87 Å². The van der Waals surface area contributed by atoms with E-state index in [0.717, 1.165) is 11.8 Å². The quantitative estimate of drug-likeness (QED) is 0.849. The molecular formula is C18H22N4O4S. The summed E-state index contributed by atoms with van der Waals surface area (Å²) in [7, 11) is 1.66. The van der Waals surface area contributed by atoms with Gasteiger partial charge in [0.15, 0.2) is 5.17 Å². The molecule has 1 spiro atoms. The third kappa shape index (κ3) is 2.95. The van der Waals surface area contributed by atoms with Crippen molar-refractivity contribution in [2.45, 2.75) is 38.5 Å². The number of amidine groups is 1. The highest BCUT2D eigenvalue weighted by Gasteiger charge is 2.60. The molecule has 3 amide bonds. The predicted octanol–water partition coefficient (Wildman–Crippen LogP) is 2.00. The number of rotatable bonds is 4. The van der Waals surface area contributed by atoms with Crippen molar-refractivity contribution in [2.75, 3.05) is 18.6 Å². The van der Waals surface area contributed by atoms with Gasteiger partial charge in [0.2, 0.25) is 16.7 Å². The molecule has 9 heteroatoms. The molecule has 27 heavy (non-hydrogen) atoms. The molecule has 0 saturated heterocycles. The number of nitrogens with one attached hydrogen (secondary N) is 1. The van der Waals surface area contributed by atoms with Crippen molar-refractivity contribution in [2.24, 2.45) is 5.10 Å². The standard InChI is InChI=1S/C18H22N4O4S/c1-5-14(23)19-17-20-22(15(24)6-2)18(27-17)12-10-11(26-7-3)8-9-13(12)21(4)16(18)25/h8-10H,5-7H2,1-4H3,(H,19,20,23). The van der Waals surface area contributed by atoms with Gasteiger partial charge in [-0.1, -0.05) is 13.8 Å². The summed E-state index contributed by atoms with van der Waals surface area (Å²) in [6.07, 6.45) is 0.450. The largest absolute Gasteiger partial charge is 0.494 e. The second kappa shape index (κ2) is 7.22.